The van der Waals surface area contributed by atoms with Crippen molar-refractivity contribution < 1.29 is 4.74 Å². The summed E-state index contributed by atoms with van der Waals surface area (Å²) in [6.07, 6.45) is 2.34. The maximum Gasteiger partial charge on any atom is 0.123 e. The zero-order valence-corrected chi connectivity index (χ0v) is 15.1. The average Bonchev–Trinajstić information content (AvgIpc) is 2.59. The number of nitrogens with zero attached hydrogens (tertiary/aromatic N) is 1. The number of benzene rings is 2. The van der Waals surface area contributed by atoms with Crippen molar-refractivity contribution in [3.8, 4) is 5.75 Å². The fourth-order valence-electron chi connectivity index (χ4n) is 3.09. The van der Waals surface area contributed by atoms with Gasteiger partial charge in [-0.1, -0.05) is 34.1 Å². The van der Waals surface area contributed by atoms with Gasteiger partial charge in [0.05, 0.1) is 7.11 Å². The Kier molecular flexibility index (Phi) is 5.57. The summed E-state index contributed by atoms with van der Waals surface area (Å²) in [4.78, 5) is 2.51. The molecule has 0 saturated carbocycles. The van der Waals surface area contributed by atoms with Crippen molar-refractivity contribution in [1.82, 2.24) is 4.90 Å². The van der Waals surface area contributed by atoms with Crippen LogP contribution in [0.1, 0.15) is 18.4 Å². The minimum atomic E-state index is 0.560. The lowest BCUT2D eigenvalue weighted by Gasteiger charge is -2.33. The third-order valence-corrected chi connectivity index (χ3v) is 4.92. The molecule has 3 rings (SSSR count). The first-order chi connectivity index (χ1) is 11.2. The van der Waals surface area contributed by atoms with Gasteiger partial charge < -0.3 is 10.1 Å². The van der Waals surface area contributed by atoms with Crippen molar-refractivity contribution in [2.24, 2.45) is 0 Å². The molecule has 2 aromatic rings. The van der Waals surface area contributed by atoms with Crippen LogP contribution in [0.5, 0.6) is 5.75 Å². The van der Waals surface area contributed by atoms with Crippen molar-refractivity contribution in [2.45, 2.75) is 25.4 Å². The Morgan fingerprint density at radius 1 is 1.09 bits per heavy atom. The number of hydrogen-bond donors (Lipinski definition) is 1. The molecule has 0 spiro atoms. The van der Waals surface area contributed by atoms with Gasteiger partial charge in [-0.25, -0.2) is 0 Å². The van der Waals surface area contributed by atoms with E-state index in [-0.39, 0.29) is 0 Å². The molecule has 1 fully saturated rings. The van der Waals surface area contributed by atoms with Crippen LogP contribution in [0.4, 0.5) is 5.69 Å². The molecule has 1 N–H and O–H groups in total. The lowest BCUT2D eigenvalue weighted by molar-refractivity contribution is 0.209. The maximum atomic E-state index is 5.45. The number of nitrogens with one attached hydrogen (secondary N) is 1. The number of hydrogen-bond acceptors (Lipinski definition) is 3. The van der Waals surface area contributed by atoms with E-state index in [0.29, 0.717) is 6.04 Å². The Balaban J connectivity index is 1.51. The van der Waals surface area contributed by atoms with E-state index >= 15 is 0 Å². The van der Waals surface area contributed by atoms with Crippen molar-refractivity contribution >= 4 is 21.6 Å². The molecule has 0 unspecified atom stereocenters. The van der Waals surface area contributed by atoms with Crippen molar-refractivity contribution in [2.75, 3.05) is 25.5 Å². The topological polar surface area (TPSA) is 24.5 Å². The fourth-order valence-corrected chi connectivity index (χ4v) is 3.36. The molecule has 23 heavy (non-hydrogen) atoms. The number of likely N-dealkylation sites (tertiary alicyclic amines) is 1. The minimum Gasteiger partial charge on any atom is -0.496 e. The monoisotopic (exact) mass is 374 g/mol. The third-order valence-electron chi connectivity index (χ3n) is 4.39. The second-order valence-corrected chi connectivity index (χ2v) is 6.93. The zero-order valence-electron chi connectivity index (χ0n) is 13.5. The molecule has 1 saturated heterocycles. The van der Waals surface area contributed by atoms with Gasteiger partial charge in [-0.3, -0.25) is 4.90 Å². The minimum absolute atomic E-state index is 0.560. The van der Waals surface area contributed by atoms with Crippen LogP contribution in [0.15, 0.2) is 53.0 Å². The lowest BCUT2D eigenvalue weighted by atomic mass is 10.0. The van der Waals surface area contributed by atoms with Gasteiger partial charge in [0.2, 0.25) is 0 Å². The smallest absolute Gasteiger partial charge is 0.123 e. The Morgan fingerprint density at radius 3 is 2.48 bits per heavy atom. The van der Waals surface area contributed by atoms with Crippen molar-refractivity contribution in [1.29, 1.82) is 0 Å². The van der Waals surface area contributed by atoms with Crippen molar-refractivity contribution in [3.63, 3.8) is 0 Å². The summed E-state index contributed by atoms with van der Waals surface area (Å²) in [5.41, 5.74) is 2.48. The van der Waals surface area contributed by atoms with Gasteiger partial charge in [-0.05, 0) is 43.2 Å². The number of para-hydroxylation sites is 1. The van der Waals surface area contributed by atoms with Crippen LogP contribution < -0.4 is 10.1 Å². The summed E-state index contributed by atoms with van der Waals surface area (Å²) in [7, 11) is 1.74. The molecule has 0 amide bonds. The van der Waals surface area contributed by atoms with Crippen LogP contribution in [-0.2, 0) is 6.54 Å². The molecule has 1 aliphatic heterocycles. The summed E-state index contributed by atoms with van der Waals surface area (Å²) in [5.74, 6) is 0.989. The highest BCUT2D eigenvalue weighted by molar-refractivity contribution is 9.10. The van der Waals surface area contributed by atoms with Crippen LogP contribution in [0, 0.1) is 0 Å². The largest absolute Gasteiger partial charge is 0.496 e. The fraction of sp³-hybridized carbons (Fsp3) is 0.368. The van der Waals surface area contributed by atoms with E-state index in [2.05, 4.69) is 62.5 Å². The van der Waals surface area contributed by atoms with Crippen LogP contribution in [0.2, 0.25) is 0 Å². The Morgan fingerprint density at radius 2 is 1.78 bits per heavy atom. The summed E-state index contributed by atoms with van der Waals surface area (Å²) < 4.78 is 6.57. The van der Waals surface area contributed by atoms with E-state index in [1.54, 1.807) is 7.11 Å². The lowest BCUT2D eigenvalue weighted by Crippen LogP contribution is -2.38. The van der Waals surface area contributed by atoms with E-state index in [0.717, 1.165) is 29.9 Å². The number of halogens is 1. The molecule has 1 aliphatic rings. The van der Waals surface area contributed by atoms with Crippen LogP contribution in [-0.4, -0.2) is 31.1 Å². The molecule has 0 aliphatic carbocycles. The molecule has 0 bridgehead atoms. The van der Waals surface area contributed by atoms with Crippen LogP contribution >= 0.6 is 15.9 Å². The Hall–Kier alpha value is -1.52. The van der Waals surface area contributed by atoms with Gasteiger partial charge in [0.1, 0.15) is 5.75 Å². The predicted octanol–water partition coefficient (Wildman–Crippen LogP) is 4.53. The molecule has 0 radical (unpaired) electrons. The molecule has 0 atom stereocenters. The maximum absolute atomic E-state index is 5.45. The molecule has 122 valence electrons. The quantitative estimate of drug-likeness (QED) is 0.831. The van der Waals surface area contributed by atoms with Gasteiger partial charge in [0, 0.05) is 41.4 Å². The summed E-state index contributed by atoms with van der Waals surface area (Å²) in [6.45, 7) is 3.20. The first kappa shape index (κ1) is 16.3. The predicted molar refractivity (Wildman–Crippen MR) is 99.1 cm³/mol. The number of ether oxygens (including phenoxy) is 1. The highest BCUT2D eigenvalue weighted by Gasteiger charge is 2.19. The molecule has 4 heteroatoms. The second-order valence-electron chi connectivity index (χ2n) is 6.01. The molecule has 1 heterocycles. The van der Waals surface area contributed by atoms with Gasteiger partial charge in [0.15, 0.2) is 0 Å². The third kappa shape index (κ3) is 4.49. The van der Waals surface area contributed by atoms with E-state index in [1.807, 2.05) is 12.1 Å². The Labute approximate surface area is 146 Å². The van der Waals surface area contributed by atoms with E-state index in [9.17, 15) is 0 Å². The number of methoxy groups -OCH3 is 1. The van der Waals surface area contributed by atoms with E-state index in [4.69, 9.17) is 4.74 Å². The SMILES string of the molecule is COc1ccccc1CN1CCC(Nc2ccc(Br)cc2)CC1. The molecule has 2 aromatic carbocycles. The van der Waals surface area contributed by atoms with Gasteiger partial charge in [-0.2, -0.15) is 0 Å². The average molecular weight is 375 g/mol. The normalized spacial score (nSPS) is 16.3. The van der Waals surface area contributed by atoms with Crippen LogP contribution in [0.25, 0.3) is 0 Å². The van der Waals surface area contributed by atoms with Crippen molar-refractivity contribution in [3.05, 3.63) is 58.6 Å². The standard InChI is InChI=1S/C19H23BrN2O/c1-23-19-5-3-2-4-15(19)14-22-12-10-18(11-13-22)21-17-8-6-16(20)7-9-17/h2-9,18,21H,10-14H2,1H3. The zero-order chi connectivity index (χ0) is 16.1. The van der Waals surface area contributed by atoms with E-state index < -0.39 is 0 Å². The molecular weight excluding hydrogens is 352 g/mol. The van der Waals surface area contributed by atoms with Gasteiger partial charge in [-0.15, -0.1) is 0 Å². The first-order valence-electron chi connectivity index (χ1n) is 8.11. The van der Waals surface area contributed by atoms with Gasteiger partial charge in [0.25, 0.3) is 0 Å². The molecule has 0 aromatic heterocycles. The summed E-state index contributed by atoms with van der Waals surface area (Å²) >= 11 is 3.48. The summed E-state index contributed by atoms with van der Waals surface area (Å²) in [6, 6.07) is 17.3. The summed E-state index contributed by atoms with van der Waals surface area (Å²) in [5, 5.41) is 3.64. The number of anilines is 1. The Bertz CT molecular complexity index is 622. The molecular formula is C19H23BrN2O. The number of piperidine rings is 1. The highest BCUT2D eigenvalue weighted by Crippen LogP contribution is 2.23. The first-order valence-corrected chi connectivity index (χ1v) is 8.90. The van der Waals surface area contributed by atoms with Crippen LogP contribution in [0.3, 0.4) is 0 Å². The van der Waals surface area contributed by atoms with Gasteiger partial charge >= 0.3 is 0 Å². The second kappa shape index (κ2) is 7.84. The van der Waals surface area contributed by atoms with E-state index in [1.165, 1.54) is 24.1 Å². The molecule has 3 nitrogen and oxygen atoms in total. The number of rotatable bonds is 5. The highest BCUT2D eigenvalue weighted by atomic mass is 79.9.